The Hall–Kier alpha value is -2.63. The van der Waals surface area contributed by atoms with Gasteiger partial charge in [-0.3, -0.25) is 4.79 Å². The Morgan fingerprint density at radius 1 is 1.24 bits per heavy atom. The van der Waals surface area contributed by atoms with E-state index < -0.39 is 5.97 Å². The molecular formula is C15H17N3O3. The van der Waals surface area contributed by atoms with Crippen LogP contribution in [0.15, 0.2) is 30.5 Å². The number of anilines is 1. The molecule has 1 aromatic heterocycles. The molecule has 2 rings (SSSR count). The Bertz CT molecular complexity index is 670. The number of nitrogens with one attached hydrogen (secondary N) is 2. The third-order valence-electron chi connectivity index (χ3n) is 3.04. The number of amides is 1. The predicted octanol–water partition coefficient (Wildman–Crippen LogP) is 1.87. The van der Waals surface area contributed by atoms with Crippen molar-refractivity contribution in [3.8, 4) is 0 Å². The Morgan fingerprint density at radius 3 is 2.62 bits per heavy atom. The number of carboxylic acid groups (broad SMARTS) is 1. The molecule has 0 spiro atoms. The maximum absolute atomic E-state index is 11.4. The van der Waals surface area contributed by atoms with Crippen LogP contribution in [0.25, 0.3) is 10.8 Å². The van der Waals surface area contributed by atoms with Crippen LogP contribution in [-0.4, -0.2) is 35.1 Å². The van der Waals surface area contributed by atoms with Gasteiger partial charge in [-0.05, 0) is 6.92 Å². The normalized spacial score (nSPS) is 10.3. The van der Waals surface area contributed by atoms with Crippen molar-refractivity contribution in [2.45, 2.75) is 13.3 Å². The molecule has 6 nitrogen and oxygen atoms in total. The van der Waals surface area contributed by atoms with Gasteiger partial charge in [0.15, 0.2) is 0 Å². The smallest absolute Gasteiger partial charge is 0.337 e. The zero-order valence-corrected chi connectivity index (χ0v) is 11.7. The van der Waals surface area contributed by atoms with E-state index >= 15 is 0 Å². The third-order valence-corrected chi connectivity index (χ3v) is 3.04. The van der Waals surface area contributed by atoms with Gasteiger partial charge in [-0.15, -0.1) is 0 Å². The number of pyridine rings is 1. The summed E-state index contributed by atoms with van der Waals surface area (Å²) >= 11 is 0. The topological polar surface area (TPSA) is 91.3 Å². The summed E-state index contributed by atoms with van der Waals surface area (Å²) in [5, 5.41) is 16.3. The minimum absolute atomic E-state index is 0.0311. The number of aromatic nitrogens is 1. The standard InChI is InChI=1S/C15H17N3O3/c1-2-16-13(19)7-8-17-14-11-6-4-3-5-10(11)12(9-18-14)15(20)21/h3-6,9H,2,7-8H2,1H3,(H,16,19)(H,17,18)(H,20,21). The summed E-state index contributed by atoms with van der Waals surface area (Å²) in [4.78, 5) is 26.7. The maximum Gasteiger partial charge on any atom is 0.337 e. The van der Waals surface area contributed by atoms with Crippen molar-refractivity contribution in [3.63, 3.8) is 0 Å². The zero-order valence-electron chi connectivity index (χ0n) is 11.7. The van der Waals surface area contributed by atoms with Crippen LogP contribution in [-0.2, 0) is 4.79 Å². The predicted molar refractivity (Wildman–Crippen MR) is 80.5 cm³/mol. The molecule has 0 saturated heterocycles. The van der Waals surface area contributed by atoms with Crippen molar-refractivity contribution >= 4 is 28.5 Å². The lowest BCUT2D eigenvalue weighted by Crippen LogP contribution is -2.24. The second-order valence-corrected chi connectivity index (χ2v) is 4.50. The fourth-order valence-corrected chi connectivity index (χ4v) is 2.08. The molecule has 2 aromatic rings. The van der Waals surface area contributed by atoms with Crippen LogP contribution in [0.1, 0.15) is 23.7 Å². The van der Waals surface area contributed by atoms with Gasteiger partial charge in [0.05, 0.1) is 5.56 Å². The molecule has 0 aliphatic heterocycles. The quantitative estimate of drug-likeness (QED) is 0.754. The summed E-state index contributed by atoms with van der Waals surface area (Å²) in [6.07, 6.45) is 1.67. The van der Waals surface area contributed by atoms with Crippen LogP contribution < -0.4 is 10.6 Å². The fourth-order valence-electron chi connectivity index (χ4n) is 2.08. The summed E-state index contributed by atoms with van der Waals surface area (Å²) in [6.45, 7) is 2.91. The first kappa shape index (κ1) is 14.8. The molecular weight excluding hydrogens is 270 g/mol. The average Bonchev–Trinajstić information content (AvgIpc) is 2.47. The first-order valence-corrected chi connectivity index (χ1v) is 6.75. The van der Waals surface area contributed by atoms with Gasteiger partial charge in [0.2, 0.25) is 5.91 Å². The van der Waals surface area contributed by atoms with Crippen molar-refractivity contribution in [1.82, 2.24) is 10.3 Å². The number of benzene rings is 1. The number of carboxylic acids is 1. The van der Waals surface area contributed by atoms with E-state index in [0.717, 1.165) is 5.39 Å². The minimum atomic E-state index is -1.01. The van der Waals surface area contributed by atoms with Crippen molar-refractivity contribution in [2.24, 2.45) is 0 Å². The van der Waals surface area contributed by atoms with E-state index in [1.165, 1.54) is 6.20 Å². The van der Waals surface area contributed by atoms with Crippen LogP contribution >= 0.6 is 0 Å². The van der Waals surface area contributed by atoms with E-state index in [9.17, 15) is 9.59 Å². The molecule has 0 aliphatic rings. The summed E-state index contributed by atoms with van der Waals surface area (Å²) in [7, 11) is 0. The first-order chi connectivity index (χ1) is 10.1. The summed E-state index contributed by atoms with van der Waals surface area (Å²) in [5.74, 6) is -0.455. The Kier molecular flexibility index (Phi) is 4.71. The highest BCUT2D eigenvalue weighted by Gasteiger charge is 2.12. The molecule has 21 heavy (non-hydrogen) atoms. The average molecular weight is 287 g/mol. The fraction of sp³-hybridized carbons (Fsp3) is 0.267. The largest absolute Gasteiger partial charge is 0.478 e. The van der Waals surface area contributed by atoms with Gasteiger partial charge in [0.1, 0.15) is 5.82 Å². The van der Waals surface area contributed by atoms with Gasteiger partial charge in [0, 0.05) is 36.5 Å². The molecule has 0 bridgehead atoms. The van der Waals surface area contributed by atoms with Gasteiger partial charge in [-0.25, -0.2) is 9.78 Å². The van der Waals surface area contributed by atoms with Gasteiger partial charge in [-0.2, -0.15) is 0 Å². The highest BCUT2D eigenvalue weighted by molar-refractivity contribution is 6.06. The SMILES string of the molecule is CCNC(=O)CCNc1ncc(C(=O)O)c2ccccc12. The van der Waals surface area contributed by atoms with E-state index in [1.54, 1.807) is 12.1 Å². The molecule has 1 amide bonds. The van der Waals surface area contributed by atoms with Crippen molar-refractivity contribution < 1.29 is 14.7 Å². The van der Waals surface area contributed by atoms with E-state index in [0.29, 0.717) is 30.7 Å². The summed E-state index contributed by atoms with van der Waals surface area (Å²) in [6, 6.07) is 7.16. The number of hydrogen-bond acceptors (Lipinski definition) is 4. The van der Waals surface area contributed by atoms with Crippen LogP contribution in [0.5, 0.6) is 0 Å². The van der Waals surface area contributed by atoms with Gasteiger partial charge in [-0.1, -0.05) is 24.3 Å². The monoisotopic (exact) mass is 287 g/mol. The Balaban J connectivity index is 2.20. The van der Waals surface area contributed by atoms with Gasteiger partial charge >= 0.3 is 5.97 Å². The Morgan fingerprint density at radius 2 is 1.95 bits per heavy atom. The van der Waals surface area contributed by atoms with Crippen molar-refractivity contribution in [1.29, 1.82) is 0 Å². The third kappa shape index (κ3) is 3.47. The number of carbonyl (C=O) groups is 2. The summed E-state index contributed by atoms with van der Waals surface area (Å²) < 4.78 is 0. The molecule has 0 radical (unpaired) electrons. The van der Waals surface area contributed by atoms with Crippen LogP contribution in [0.2, 0.25) is 0 Å². The lowest BCUT2D eigenvalue weighted by Gasteiger charge is -2.10. The van der Waals surface area contributed by atoms with E-state index in [1.807, 2.05) is 19.1 Å². The van der Waals surface area contributed by atoms with Crippen molar-refractivity contribution in [2.75, 3.05) is 18.4 Å². The van der Waals surface area contributed by atoms with E-state index in [4.69, 9.17) is 5.11 Å². The van der Waals surface area contributed by atoms with E-state index in [2.05, 4.69) is 15.6 Å². The lowest BCUT2D eigenvalue weighted by atomic mass is 10.1. The number of hydrogen-bond donors (Lipinski definition) is 3. The molecule has 0 fully saturated rings. The van der Waals surface area contributed by atoms with E-state index in [-0.39, 0.29) is 11.5 Å². The maximum atomic E-state index is 11.4. The second kappa shape index (κ2) is 6.69. The molecule has 3 N–H and O–H groups in total. The minimum Gasteiger partial charge on any atom is -0.478 e. The van der Waals surface area contributed by atoms with Gasteiger partial charge in [0.25, 0.3) is 0 Å². The number of aromatic carboxylic acids is 1. The molecule has 0 unspecified atom stereocenters. The zero-order chi connectivity index (χ0) is 15.2. The molecule has 1 aromatic carbocycles. The number of carbonyl (C=O) groups excluding carboxylic acids is 1. The Labute approximate surface area is 122 Å². The molecule has 110 valence electrons. The van der Waals surface area contributed by atoms with Crippen molar-refractivity contribution in [3.05, 3.63) is 36.0 Å². The lowest BCUT2D eigenvalue weighted by molar-refractivity contribution is -0.120. The highest BCUT2D eigenvalue weighted by atomic mass is 16.4. The molecule has 0 aliphatic carbocycles. The number of fused-ring (bicyclic) bond motifs is 1. The van der Waals surface area contributed by atoms with Crippen LogP contribution in [0.3, 0.4) is 0 Å². The summed E-state index contributed by atoms with van der Waals surface area (Å²) in [5.41, 5.74) is 0.167. The highest BCUT2D eigenvalue weighted by Crippen LogP contribution is 2.24. The molecule has 0 saturated carbocycles. The first-order valence-electron chi connectivity index (χ1n) is 6.75. The molecule has 6 heteroatoms. The number of rotatable bonds is 6. The molecule has 1 heterocycles. The van der Waals surface area contributed by atoms with Gasteiger partial charge < -0.3 is 15.7 Å². The number of nitrogens with zero attached hydrogens (tertiary/aromatic N) is 1. The van der Waals surface area contributed by atoms with Crippen LogP contribution in [0.4, 0.5) is 5.82 Å². The van der Waals surface area contributed by atoms with Crippen LogP contribution in [0, 0.1) is 0 Å². The molecule has 0 atom stereocenters. The second-order valence-electron chi connectivity index (χ2n) is 4.50.